The second-order valence-corrected chi connectivity index (χ2v) is 9.21. The molecule has 0 saturated heterocycles. The summed E-state index contributed by atoms with van der Waals surface area (Å²) in [5, 5.41) is 2.13. The van der Waals surface area contributed by atoms with Gasteiger partial charge in [0.1, 0.15) is 49.4 Å². The monoisotopic (exact) mass is 488 g/mol. The van der Waals surface area contributed by atoms with Crippen LogP contribution in [0.25, 0.3) is 10.8 Å². The number of ether oxygens (including phenoxy) is 4. The zero-order valence-corrected chi connectivity index (χ0v) is 21.0. The highest BCUT2D eigenvalue weighted by Crippen LogP contribution is 2.33. The van der Waals surface area contributed by atoms with Crippen molar-refractivity contribution in [3.8, 4) is 46.7 Å². The second-order valence-electron chi connectivity index (χ2n) is 9.21. The van der Waals surface area contributed by atoms with Crippen molar-refractivity contribution >= 4 is 10.8 Å². The van der Waals surface area contributed by atoms with Crippen molar-refractivity contribution in [3.63, 3.8) is 0 Å². The smallest absolute Gasteiger partial charge is 0.149 e. The van der Waals surface area contributed by atoms with Crippen LogP contribution in [-0.4, -0.2) is 26.4 Å². The second kappa shape index (κ2) is 11.0. The van der Waals surface area contributed by atoms with E-state index in [1.54, 1.807) is 0 Å². The summed E-state index contributed by atoms with van der Waals surface area (Å²) >= 11 is 0. The van der Waals surface area contributed by atoms with Gasteiger partial charge in [0.15, 0.2) is 0 Å². The molecular weight excluding hydrogens is 460 g/mol. The number of benzene rings is 4. The van der Waals surface area contributed by atoms with Gasteiger partial charge in [0.05, 0.1) is 0 Å². The highest BCUT2D eigenvalue weighted by atomic mass is 16.5. The molecule has 0 saturated carbocycles. The van der Waals surface area contributed by atoms with E-state index in [4.69, 9.17) is 18.9 Å². The maximum atomic E-state index is 5.80. The molecule has 37 heavy (non-hydrogen) atoms. The molecule has 8 aliphatic heterocycles. The first-order valence-corrected chi connectivity index (χ1v) is 12.3. The summed E-state index contributed by atoms with van der Waals surface area (Å²) in [6.07, 6.45) is 0. The molecule has 0 aliphatic carbocycles. The third-order valence-corrected chi connectivity index (χ3v) is 6.43. The molecule has 4 nitrogen and oxygen atoms in total. The molecule has 0 fully saturated rings. The van der Waals surface area contributed by atoms with Crippen molar-refractivity contribution in [1.82, 2.24) is 0 Å². The summed E-state index contributed by atoms with van der Waals surface area (Å²) < 4.78 is 23.2. The SMILES string of the molecule is CC1(C)c2ccc(cc2)OCC#CCOc2ccc3cc(ccc3c2)OCC#CCOc2ccc1cc2. The van der Waals surface area contributed by atoms with Crippen molar-refractivity contribution < 1.29 is 18.9 Å². The molecule has 4 aromatic rings. The van der Waals surface area contributed by atoms with E-state index in [1.165, 1.54) is 11.1 Å². The number of rotatable bonds is 0. The maximum Gasteiger partial charge on any atom is 0.149 e. The Kier molecular flexibility index (Phi) is 7.20. The minimum Gasteiger partial charge on any atom is -0.481 e. The zero-order chi connectivity index (χ0) is 25.5. The van der Waals surface area contributed by atoms with Crippen LogP contribution in [0.1, 0.15) is 25.0 Å². The first-order chi connectivity index (χ1) is 18.1. The molecule has 0 radical (unpaired) electrons. The van der Waals surface area contributed by atoms with Gasteiger partial charge in [-0.1, -0.05) is 73.9 Å². The van der Waals surface area contributed by atoms with Crippen molar-refractivity contribution in [2.24, 2.45) is 0 Å². The molecule has 0 aromatic heterocycles. The van der Waals surface area contributed by atoms with Gasteiger partial charge in [-0.05, 0) is 70.4 Å². The molecule has 4 heteroatoms. The summed E-state index contributed by atoms with van der Waals surface area (Å²) in [6, 6.07) is 28.2. The Hall–Kier alpha value is -4.54. The molecule has 12 rings (SSSR count). The molecule has 8 aliphatic rings. The zero-order valence-electron chi connectivity index (χ0n) is 21.0. The van der Waals surface area contributed by atoms with E-state index in [0.717, 1.165) is 33.8 Å². The first kappa shape index (κ1) is 24.2. The van der Waals surface area contributed by atoms with Gasteiger partial charge in [0, 0.05) is 5.41 Å². The summed E-state index contributed by atoms with van der Waals surface area (Å²) in [5.41, 5.74) is 2.22. The standard InChI is InChI=1S/C33H28O4/c1-33(2)27-9-15-29(16-10-27)34-19-3-5-21-36-31-13-7-26-24-32(14-8-25(26)23-31)37-22-6-4-20-35-30-17-11-28(33)12-18-30/h7-18,23-24H,19-22H2,1-2H3. The van der Waals surface area contributed by atoms with E-state index >= 15 is 0 Å². The van der Waals surface area contributed by atoms with Crippen LogP contribution in [0.2, 0.25) is 0 Å². The predicted molar refractivity (Wildman–Crippen MR) is 146 cm³/mol. The minimum atomic E-state index is -0.170. The van der Waals surface area contributed by atoms with Gasteiger partial charge in [-0.25, -0.2) is 0 Å². The fraction of sp³-hybridized carbons (Fsp3) is 0.212. The fourth-order valence-electron chi connectivity index (χ4n) is 4.17. The van der Waals surface area contributed by atoms with E-state index in [2.05, 4.69) is 61.8 Å². The van der Waals surface area contributed by atoms with Crippen LogP contribution in [0, 0.1) is 23.7 Å². The van der Waals surface area contributed by atoms with Crippen LogP contribution in [-0.2, 0) is 5.41 Å². The Morgan fingerprint density at radius 2 is 0.784 bits per heavy atom. The van der Waals surface area contributed by atoms with Crippen LogP contribution >= 0.6 is 0 Å². The highest BCUT2D eigenvalue weighted by Gasteiger charge is 2.23. The lowest BCUT2D eigenvalue weighted by Crippen LogP contribution is -2.18. The lowest BCUT2D eigenvalue weighted by molar-refractivity contribution is 0.362. The largest absolute Gasteiger partial charge is 0.481 e. The van der Waals surface area contributed by atoms with E-state index in [-0.39, 0.29) is 5.41 Å². The van der Waals surface area contributed by atoms with Gasteiger partial charge in [-0.15, -0.1) is 0 Å². The van der Waals surface area contributed by atoms with Crippen molar-refractivity contribution in [3.05, 3.63) is 96.1 Å². The Bertz CT molecular complexity index is 1380. The Balaban J connectivity index is 1.35. The average molecular weight is 489 g/mol. The summed E-state index contributed by atoms with van der Waals surface area (Å²) in [7, 11) is 0. The molecule has 0 amide bonds. The molecule has 184 valence electrons. The average Bonchev–Trinajstić information content (AvgIpc) is 2.92. The highest BCUT2D eigenvalue weighted by molar-refractivity contribution is 5.85. The fourth-order valence-corrected chi connectivity index (χ4v) is 4.17. The number of hydrogen-bond donors (Lipinski definition) is 0. The van der Waals surface area contributed by atoms with Gasteiger partial charge in [0.2, 0.25) is 0 Å². The lowest BCUT2D eigenvalue weighted by atomic mass is 9.78. The number of hydrogen-bond acceptors (Lipinski definition) is 4. The van der Waals surface area contributed by atoms with Crippen LogP contribution in [0.4, 0.5) is 0 Å². The molecule has 8 bridgehead atoms. The lowest BCUT2D eigenvalue weighted by Gasteiger charge is -2.26. The van der Waals surface area contributed by atoms with E-state index in [1.807, 2.05) is 60.7 Å². The van der Waals surface area contributed by atoms with Crippen LogP contribution < -0.4 is 18.9 Å². The van der Waals surface area contributed by atoms with Crippen LogP contribution in [0.3, 0.4) is 0 Å². The molecule has 0 unspecified atom stereocenters. The predicted octanol–water partition coefficient (Wildman–Crippen LogP) is 6.40. The Labute approximate surface area is 218 Å². The van der Waals surface area contributed by atoms with Crippen molar-refractivity contribution in [2.45, 2.75) is 19.3 Å². The molecular formula is C33H28O4. The molecule has 4 aromatic carbocycles. The topological polar surface area (TPSA) is 36.9 Å². The van der Waals surface area contributed by atoms with Crippen molar-refractivity contribution in [1.29, 1.82) is 0 Å². The first-order valence-electron chi connectivity index (χ1n) is 12.3. The minimum absolute atomic E-state index is 0.170. The van der Waals surface area contributed by atoms with E-state index in [9.17, 15) is 0 Å². The summed E-state index contributed by atoms with van der Waals surface area (Å²) in [6.45, 7) is 5.61. The van der Waals surface area contributed by atoms with Gasteiger partial charge in [-0.2, -0.15) is 0 Å². The van der Waals surface area contributed by atoms with Gasteiger partial charge < -0.3 is 18.9 Å². The quantitative estimate of drug-likeness (QED) is 0.268. The molecule has 0 spiro atoms. The van der Waals surface area contributed by atoms with Crippen LogP contribution in [0.15, 0.2) is 84.9 Å². The van der Waals surface area contributed by atoms with Crippen LogP contribution in [0.5, 0.6) is 23.0 Å². The maximum absolute atomic E-state index is 5.80. The molecule has 0 atom stereocenters. The normalized spacial score (nSPS) is 14.9. The molecule has 0 N–H and O–H groups in total. The third kappa shape index (κ3) is 6.00. The van der Waals surface area contributed by atoms with Gasteiger partial charge >= 0.3 is 0 Å². The Morgan fingerprint density at radius 3 is 1.16 bits per heavy atom. The van der Waals surface area contributed by atoms with E-state index < -0.39 is 0 Å². The van der Waals surface area contributed by atoms with Gasteiger partial charge in [0.25, 0.3) is 0 Å². The van der Waals surface area contributed by atoms with Crippen molar-refractivity contribution in [2.75, 3.05) is 26.4 Å². The molecule has 8 heterocycles. The summed E-state index contributed by atoms with van der Waals surface area (Å²) in [5.74, 6) is 15.2. The third-order valence-electron chi connectivity index (χ3n) is 6.43. The summed E-state index contributed by atoms with van der Waals surface area (Å²) in [4.78, 5) is 0. The van der Waals surface area contributed by atoms with E-state index in [0.29, 0.717) is 26.4 Å². The Morgan fingerprint density at radius 1 is 0.459 bits per heavy atom. The van der Waals surface area contributed by atoms with Gasteiger partial charge in [-0.3, -0.25) is 0 Å².